The number of amides is 1. The van der Waals surface area contributed by atoms with E-state index in [0.29, 0.717) is 5.75 Å². The lowest BCUT2D eigenvalue weighted by Crippen LogP contribution is -2.34. The molecule has 4 nitrogen and oxygen atoms in total. The van der Waals surface area contributed by atoms with Gasteiger partial charge in [0.05, 0.1) is 0 Å². The van der Waals surface area contributed by atoms with Gasteiger partial charge in [-0.3, -0.25) is 0 Å². The first-order chi connectivity index (χ1) is 10.6. The van der Waals surface area contributed by atoms with Crippen molar-refractivity contribution in [2.24, 2.45) is 0 Å². The number of ether oxygens (including phenoxy) is 1. The second-order valence-corrected chi connectivity index (χ2v) is 5.70. The van der Waals surface area contributed by atoms with E-state index >= 15 is 0 Å². The molecule has 1 aromatic rings. The molecule has 0 saturated heterocycles. The van der Waals surface area contributed by atoms with E-state index in [1.807, 2.05) is 31.2 Å². The molecule has 22 heavy (non-hydrogen) atoms. The Bertz CT molecular complexity index is 425. The first-order valence-electron chi connectivity index (χ1n) is 8.44. The third-order valence-corrected chi connectivity index (χ3v) is 3.49. The number of benzene rings is 1. The molecule has 0 spiro atoms. The summed E-state index contributed by atoms with van der Waals surface area (Å²) in [5.74, 6) is 0.581. The maximum absolute atomic E-state index is 11.8. The van der Waals surface area contributed by atoms with Gasteiger partial charge < -0.3 is 15.0 Å². The standard InChI is InChI=1S/C18H30N2O2/c1-5-8-15(4)19-18(21)22-17-11-9-16(10-12-17)20(13-6-2)14-7-3/h9-12,15H,5-8,13-14H2,1-4H3,(H,19,21). The molecule has 1 unspecified atom stereocenters. The molecular weight excluding hydrogens is 276 g/mol. The minimum Gasteiger partial charge on any atom is -0.410 e. The number of hydrogen-bond donors (Lipinski definition) is 1. The fraction of sp³-hybridized carbons (Fsp3) is 0.611. The molecule has 0 bridgehead atoms. The van der Waals surface area contributed by atoms with Crippen molar-refractivity contribution in [1.82, 2.24) is 5.32 Å². The monoisotopic (exact) mass is 306 g/mol. The van der Waals surface area contributed by atoms with Crippen LogP contribution < -0.4 is 15.0 Å². The maximum Gasteiger partial charge on any atom is 0.412 e. The van der Waals surface area contributed by atoms with Gasteiger partial charge in [-0.05, 0) is 50.5 Å². The molecule has 0 aliphatic heterocycles. The second kappa shape index (κ2) is 10.1. The third-order valence-electron chi connectivity index (χ3n) is 3.49. The molecule has 4 heteroatoms. The number of carbonyl (C=O) groups excluding carboxylic acids is 1. The molecule has 1 amide bonds. The summed E-state index contributed by atoms with van der Waals surface area (Å²) in [6.07, 6.45) is 3.86. The SMILES string of the molecule is CCCC(C)NC(=O)Oc1ccc(N(CCC)CCC)cc1. The topological polar surface area (TPSA) is 41.6 Å². The van der Waals surface area contributed by atoms with E-state index < -0.39 is 0 Å². The van der Waals surface area contributed by atoms with Crippen molar-refractivity contribution in [3.63, 3.8) is 0 Å². The Kier molecular flexibility index (Phi) is 8.41. The average molecular weight is 306 g/mol. The van der Waals surface area contributed by atoms with Crippen LogP contribution in [-0.4, -0.2) is 25.2 Å². The van der Waals surface area contributed by atoms with Crippen molar-refractivity contribution in [1.29, 1.82) is 0 Å². The van der Waals surface area contributed by atoms with E-state index in [1.54, 1.807) is 0 Å². The van der Waals surface area contributed by atoms with Gasteiger partial charge in [0.2, 0.25) is 0 Å². The van der Waals surface area contributed by atoms with Crippen molar-refractivity contribution in [3.05, 3.63) is 24.3 Å². The molecule has 0 aromatic heterocycles. The van der Waals surface area contributed by atoms with Crippen molar-refractivity contribution in [2.45, 2.75) is 59.4 Å². The van der Waals surface area contributed by atoms with E-state index in [4.69, 9.17) is 4.74 Å². The summed E-state index contributed by atoms with van der Waals surface area (Å²) < 4.78 is 5.32. The van der Waals surface area contributed by atoms with Crippen LogP contribution in [0.1, 0.15) is 53.4 Å². The first kappa shape index (κ1) is 18.3. The molecule has 0 aliphatic rings. The number of carbonyl (C=O) groups is 1. The van der Waals surface area contributed by atoms with E-state index in [2.05, 4.69) is 31.0 Å². The molecular formula is C18H30N2O2. The minimum absolute atomic E-state index is 0.140. The average Bonchev–Trinajstić information content (AvgIpc) is 2.48. The Morgan fingerprint density at radius 3 is 2.18 bits per heavy atom. The Labute approximate surface area is 134 Å². The van der Waals surface area contributed by atoms with E-state index in [9.17, 15) is 4.79 Å². The molecule has 0 heterocycles. The van der Waals surface area contributed by atoms with Crippen molar-refractivity contribution >= 4 is 11.8 Å². The van der Waals surface area contributed by atoms with E-state index in [-0.39, 0.29) is 12.1 Å². The molecule has 0 saturated carbocycles. The molecule has 0 aliphatic carbocycles. The van der Waals surface area contributed by atoms with Crippen LogP contribution >= 0.6 is 0 Å². The molecule has 1 atom stereocenters. The zero-order valence-corrected chi connectivity index (χ0v) is 14.4. The zero-order valence-electron chi connectivity index (χ0n) is 14.4. The van der Waals surface area contributed by atoms with Crippen molar-refractivity contribution in [2.75, 3.05) is 18.0 Å². The lowest BCUT2D eigenvalue weighted by atomic mass is 10.2. The van der Waals surface area contributed by atoms with Gasteiger partial charge in [-0.25, -0.2) is 4.79 Å². The number of nitrogens with zero attached hydrogens (tertiary/aromatic N) is 1. The lowest BCUT2D eigenvalue weighted by molar-refractivity contribution is 0.196. The highest BCUT2D eigenvalue weighted by atomic mass is 16.6. The number of nitrogens with one attached hydrogen (secondary N) is 1. The highest BCUT2D eigenvalue weighted by molar-refractivity contribution is 5.70. The Balaban J connectivity index is 2.58. The molecule has 124 valence electrons. The van der Waals surface area contributed by atoms with Gasteiger partial charge in [-0.15, -0.1) is 0 Å². The summed E-state index contributed by atoms with van der Waals surface area (Å²) >= 11 is 0. The van der Waals surface area contributed by atoms with E-state index in [1.165, 1.54) is 5.69 Å². The van der Waals surface area contributed by atoms with Crippen LogP contribution in [0.2, 0.25) is 0 Å². The van der Waals surface area contributed by atoms with Crippen LogP contribution in [0.3, 0.4) is 0 Å². The second-order valence-electron chi connectivity index (χ2n) is 5.70. The highest BCUT2D eigenvalue weighted by Crippen LogP contribution is 2.20. The summed E-state index contributed by atoms with van der Waals surface area (Å²) in [5, 5.41) is 2.84. The number of rotatable bonds is 9. The molecule has 0 fully saturated rings. The van der Waals surface area contributed by atoms with Crippen LogP contribution in [0, 0.1) is 0 Å². The van der Waals surface area contributed by atoms with Gasteiger partial charge >= 0.3 is 6.09 Å². The fourth-order valence-electron chi connectivity index (χ4n) is 2.48. The predicted octanol–water partition coefficient (Wildman–Crippen LogP) is 4.59. The molecule has 1 rings (SSSR count). The zero-order chi connectivity index (χ0) is 16.4. The van der Waals surface area contributed by atoms with Gasteiger partial charge in [0.15, 0.2) is 0 Å². The maximum atomic E-state index is 11.8. The minimum atomic E-state index is -0.382. The van der Waals surface area contributed by atoms with Gasteiger partial charge in [0.1, 0.15) is 5.75 Å². The van der Waals surface area contributed by atoms with Crippen LogP contribution in [0.5, 0.6) is 5.75 Å². The normalized spacial score (nSPS) is 11.8. The fourth-order valence-corrected chi connectivity index (χ4v) is 2.48. The lowest BCUT2D eigenvalue weighted by Gasteiger charge is -2.23. The molecule has 1 aromatic carbocycles. The summed E-state index contributed by atoms with van der Waals surface area (Å²) in [6, 6.07) is 7.89. The summed E-state index contributed by atoms with van der Waals surface area (Å²) in [4.78, 5) is 14.1. The van der Waals surface area contributed by atoms with Crippen molar-refractivity contribution < 1.29 is 9.53 Å². The highest BCUT2D eigenvalue weighted by Gasteiger charge is 2.09. The first-order valence-corrected chi connectivity index (χ1v) is 8.44. The van der Waals surface area contributed by atoms with Crippen LogP contribution in [0.4, 0.5) is 10.5 Å². The van der Waals surface area contributed by atoms with E-state index in [0.717, 1.165) is 38.8 Å². The van der Waals surface area contributed by atoms with Crippen LogP contribution in [0.15, 0.2) is 24.3 Å². The van der Waals surface area contributed by atoms with Gasteiger partial charge in [0, 0.05) is 24.8 Å². The van der Waals surface area contributed by atoms with Crippen molar-refractivity contribution in [3.8, 4) is 5.75 Å². The number of hydrogen-bond acceptors (Lipinski definition) is 3. The summed E-state index contributed by atoms with van der Waals surface area (Å²) in [5.41, 5.74) is 1.18. The number of anilines is 1. The third kappa shape index (κ3) is 6.37. The molecule has 1 N–H and O–H groups in total. The summed E-state index contributed by atoms with van der Waals surface area (Å²) in [7, 11) is 0. The molecule has 0 radical (unpaired) electrons. The quantitative estimate of drug-likeness (QED) is 0.725. The Morgan fingerprint density at radius 1 is 1.09 bits per heavy atom. The predicted molar refractivity (Wildman–Crippen MR) is 92.8 cm³/mol. The van der Waals surface area contributed by atoms with Gasteiger partial charge in [0.25, 0.3) is 0 Å². The van der Waals surface area contributed by atoms with Gasteiger partial charge in [-0.1, -0.05) is 27.2 Å². The smallest absolute Gasteiger partial charge is 0.410 e. The Morgan fingerprint density at radius 2 is 1.68 bits per heavy atom. The van der Waals surface area contributed by atoms with Gasteiger partial charge in [-0.2, -0.15) is 0 Å². The van der Waals surface area contributed by atoms with Crippen LogP contribution in [0.25, 0.3) is 0 Å². The largest absolute Gasteiger partial charge is 0.412 e. The summed E-state index contributed by atoms with van der Waals surface area (Å²) in [6.45, 7) is 10.5. The van der Waals surface area contributed by atoms with Crippen LogP contribution in [-0.2, 0) is 0 Å². The Hall–Kier alpha value is -1.71.